The second-order valence-corrected chi connectivity index (χ2v) is 11.4. The van der Waals surface area contributed by atoms with Gasteiger partial charge in [-0.15, -0.1) is 0 Å². The van der Waals surface area contributed by atoms with E-state index in [1.165, 1.54) is 6.33 Å². The van der Waals surface area contributed by atoms with Gasteiger partial charge in [0.1, 0.15) is 29.7 Å². The number of aromatic nitrogens is 5. The van der Waals surface area contributed by atoms with E-state index in [0.717, 1.165) is 58.6 Å². The molecule has 0 radical (unpaired) electrons. The van der Waals surface area contributed by atoms with Crippen LogP contribution in [0.5, 0.6) is 0 Å². The standard InChI is InChI=1S/C26H34BrN7O2/c1-14(27)8-20-15(2)31-22(32-20)5-4-16-9-18(10-16)33(3)12-17-11-21(24(36)23(17)35)34-7-6-19-25(28)29-13-30-26(19)34/h6-8,13,16-18,21,23-24,35-36H,1-2,4-5,9-12H2,3H3,(H,31,32)(H2,28,29,30)/b20-8+/t16-,17-,18-,21-,23-,24+/m1/s1. The molecule has 2 fully saturated rings. The number of nitrogens with one attached hydrogen (secondary N) is 1. The van der Waals surface area contributed by atoms with Crippen LogP contribution in [-0.4, -0.2) is 71.5 Å². The Labute approximate surface area is 218 Å². The molecule has 0 amide bonds. The molecule has 0 aliphatic heterocycles. The summed E-state index contributed by atoms with van der Waals surface area (Å²) in [5.74, 6) is 2.04. The summed E-state index contributed by atoms with van der Waals surface area (Å²) in [5.41, 5.74) is 6.67. The Morgan fingerprint density at radius 2 is 2.08 bits per heavy atom. The third kappa shape index (κ3) is 4.87. The summed E-state index contributed by atoms with van der Waals surface area (Å²) in [7, 11) is 2.13. The normalized spacial score (nSPS) is 28.8. The number of aromatic amines is 1. The highest BCUT2D eigenvalue weighted by Crippen LogP contribution is 2.40. The van der Waals surface area contributed by atoms with Crippen molar-refractivity contribution in [2.75, 3.05) is 19.3 Å². The lowest BCUT2D eigenvalue weighted by Gasteiger charge is -2.42. The van der Waals surface area contributed by atoms with E-state index in [4.69, 9.17) is 5.73 Å². The zero-order chi connectivity index (χ0) is 25.6. The molecule has 4 atom stereocenters. The van der Waals surface area contributed by atoms with Gasteiger partial charge >= 0.3 is 0 Å². The van der Waals surface area contributed by atoms with Crippen molar-refractivity contribution in [3.63, 3.8) is 0 Å². The van der Waals surface area contributed by atoms with Crippen LogP contribution in [-0.2, 0) is 6.42 Å². The van der Waals surface area contributed by atoms with Crippen molar-refractivity contribution in [3.8, 4) is 0 Å². The lowest BCUT2D eigenvalue weighted by molar-refractivity contribution is -0.00658. The summed E-state index contributed by atoms with van der Waals surface area (Å²) in [5, 5.41) is 24.1. The molecule has 2 saturated carbocycles. The van der Waals surface area contributed by atoms with Gasteiger partial charge in [0.2, 0.25) is 0 Å². The molecule has 0 bridgehead atoms. The molecule has 0 unspecified atom stereocenters. The van der Waals surface area contributed by atoms with Gasteiger partial charge in [-0.2, -0.15) is 0 Å². The molecule has 10 heteroatoms. The number of hydrogen-bond acceptors (Lipinski definition) is 7. The zero-order valence-electron chi connectivity index (χ0n) is 20.5. The molecule has 2 aliphatic carbocycles. The van der Waals surface area contributed by atoms with Crippen LogP contribution in [0.1, 0.15) is 37.5 Å². The summed E-state index contributed by atoms with van der Waals surface area (Å²) in [4.78, 5) is 18.7. The van der Waals surface area contributed by atoms with Gasteiger partial charge in [0.15, 0.2) is 0 Å². The fourth-order valence-corrected chi connectivity index (χ4v) is 6.05. The monoisotopic (exact) mass is 555 g/mol. The number of halogens is 1. The number of aliphatic hydroxyl groups is 2. The van der Waals surface area contributed by atoms with E-state index in [2.05, 4.69) is 61.0 Å². The van der Waals surface area contributed by atoms with E-state index in [-0.39, 0.29) is 12.0 Å². The van der Waals surface area contributed by atoms with Crippen LogP contribution in [0.15, 0.2) is 29.7 Å². The number of rotatable bonds is 8. The highest BCUT2D eigenvalue weighted by Gasteiger charge is 2.44. The Morgan fingerprint density at radius 1 is 1.31 bits per heavy atom. The minimum absolute atomic E-state index is 0.0110. The van der Waals surface area contributed by atoms with Crippen LogP contribution >= 0.6 is 15.9 Å². The van der Waals surface area contributed by atoms with Crippen molar-refractivity contribution in [1.29, 1.82) is 0 Å². The molecule has 3 aromatic heterocycles. The number of aryl methyl sites for hydroxylation is 1. The van der Waals surface area contributed by atoms with Crippen molar-refractivity contribution in [2.45, 2.75) is 56.4 Å². The maximum Gasteiger partial charge on any atom is 0.145 e. The molecule has 0 saturated heterocycles. The molecule has 5 N–H and O–H groups in total. The molecule has 192 valence electrons. The van der Waals surface area contributed by atoms with Gasteiger partial charge in [-0.25, -0.2) is 15.0 Å². The second kappa shape index (κ2) is 10.1. The molecule has 5 rings (SSSR count). The highest BCUT2D eigenvalue weighted by atomic mass is 79.9. The Hall–Kier alpha value is -2.53. The number of allylic oxidation sites excluding steroid dienone is 1. The van der Waals surface area contributed by atoms with Crippen molar-refractivity contribution in [3.05, 3.63) is 46.2 Å². The first-order valence-electron chi connectivity index (χ1n) is 12.4. The average Bonchev–Trinajstić information content (AvgIpc) is 3.45. The van der Waals surface area contributed by atoms with Gasteiger partial charge in [-0.3, -0.25) is 0 Å². The third-order valence-corrected chi connectivity index (χ3v) is 8.20. The number of anilines is 1. The van der Waals surface area contributed by atoms with Gasteiger partial charge in [-0.1, -0.05) is 29.1 Å². The molecule has 3 heterocycles. The number of nitrogens with two attached hydrogens (primary N) is 1. The molecule has 0 spiro atoms. The van der Waals surface area contributed by atoms with E-state index in [1.807, 2.05) is 22.9 Å². The number of nitrogen functional groups attached to an aromatic ring is 1. The van der Waals surface area contributed by atoms with Crippen LogP contribution in [0.4, 0.5) is 5.82 Å². The number of nitrogens with zero attached hydrogens (tertiary/aromatic N) is 5. The first-order chi connectivity index (χ1) is 17.2. The maximum atomic E-state index is 10.9. The largest absolute Gasteiger partial charge is 0.390 e. The van der Waals surface area contributed by atoms with Gasteiger partial charge in [0, 0.05) is 35.6 Å². The predicted molar refractivity (Wildman–Crippen MR) is 144 cm³/mol. The van der Waals surface area contributed by atoms with Gasteiger partial charge in [0.25, 0.3) is 0 Å². The quantitative estimate of drug-likeness (QED) is 0.331. The molecule has 9 nitrogen and oxygen atoms in total. The average molecular weight is 557 g/mol. The van der Waals surface area contributed by atoms with E-state index >= 15 is 0 Å². The molecular formula is C26H34BrN7O2. The van der Waals surface area contributed by atoms with Crippen LogP contribution in [0.2, 0.25) is 0 Å². The molecule has 36 heavy (non-hydrogen) atoms. The van der Waals surface area contributed by atoms with Gasteiger partial charge < -0.3 is 30.4 Å². The smallest absolute Gasteiger partial charge is 0.145 e. The summed E-state index contributed by atoms with van der Waals surface area (Å²) in [6, 6.07) is 2.13. The molecular weight excluding hydrogens is 522 g/mol. The summed E-state index contributed by atoms with van der Waals surface area (Å²) >= 11 is 3.34. The van der Waals surface area contributed by atoms with Crippen LogP contribution in [0, 0.1) is 11.8 Å². The minimum Gasteiger partial charge on any atom is -0.390 e. The lowest BCUT2D eigenvalue weighted by Crippen LogP contribution is -2.46. The fraction of sp³-hybridized carbons (Fsp3) is 0.500. The second-order valence-electron chi connectivity index (χ2n) is 10.4. The molecule has 0 aromatic carbocycles. The number of H-pyrrole nitrogens is 1. The lowest BCUT2D eigenvalue weighted by atomic mass is 9.76. The topological polar surface area (TPSA) is 129 Å². The Bertz CT molecular complexity index is 1360. The molecule has 2 aliphatic rings. The van der Waals surface area contributed by atoms with Crippen LogP contribution in [0.25, 0.3) is 23.7 Å². The summed E-state index contributed by atoms with van der Waals surface area (Å²) in [6.07, 6.45) is 8.52. The van der Waals surface area contributed by atoms with E-state index in [0.29, 0.717) is 29.8 Å². The van der Waals surface area contributed by atoms with E-state index in [1.54, 1.807) is 0 Å². The van der Waals surface area contributed by atoms with E-state index < -0.39 is 12.2 Å². The first kappa shape index (κ1) is 25.1. The fourth-order valence-electron chi connectivity index (χ4n) is 5.84. The van der Waals surface area contributed by atoms with Crippen molar-refractivity contribution in [1.82, 2.24) is 29.4 Å². The minimum atomic E-state index is -0.848. The van der Waals surface area contributed by atoms with Crippen LogP contribution in [0.3, 0.4) is 0 Å². The predicted octanol–water partition coefficient (Wildman–Crippen LogP) is 1.46. The third-order valence-electron chi connectivity index (χ3n) is 7.97. The van der Waals surface area contributed by atoms with Crippen molar-refractivity contribution in [2.24, 2.45) is 11.8 Å². The zero-order valence-corrected chi connectivity index (χ0v) is 22.1. The van der Waals surface area contributed by atoms with Crippen molar-refractivity contribution < 1.29 is 10.2 Å². The Morgan fingerprint density at radius 3 is 2.83 bits per heavy atom. The van der Waals surface area contributed by atoms with E-state index in [9.17, 15) is 10.2 Å². The number of fused-ring (bicyclic) bond motifs is 1. The first-order valence-corrected chi connectivity index (χ1v) is 13.2. The summed E-state index contributed by atoms with van der Waals surface area (Å²) < 4.78 is 2.71. The van der Waals surface area contributed by atoms with Crippen LogP contribution < -0.4 is 16.4 Å². The molecule has 3 aromatic rings. The summed E-state index contributed by atoms with van der Waals surface area (Å²) in [6.45, 7) is 8.61. The Kier molecular flexibility index (Phi) is 7.04. The highest BCUT2D eigenvalue weighted by molar-refractivity contribution is 9.12. The van der Waals surface area contributed by atoms with Gasteiger partial charge in [-0.05, 0) is 50.8 Å². The maximum absolute atomic E-state index is 10.9. The number of aliphatic hydroxyl groups excluding tert-OH is 2. The van der Waals surface area contributed by atoms with Gasteiger partial charge in [0.05, 0.1) is 28.2 Å². The number of imidazole rings is 1. The number of hydrogen-bond donors (Lipinski definition) is 4. The Balaban J connectivity index is 1.14. The SMILES string of the molecule is C=C(Br)/C=c1/nc(CC[C@H]2C[C@H](N(C)C[C@H]3C[C@@H](n4ccc5c(N)ncnc54)[C@H](O)[C@@H]3O)C2)[nH]c1=C. The van der Waals surface area contributed by atoms with Crippen molar-refractivity contribution >= 4 is 45.4 Å².